The Hall–Kier alpha value is -1.36. The minimum absolute atomic E-state index is 0.215. The second kappa shape index (κ2) is 5.52. The van der Waals surface area contributed by atoms with E-state index < -0.39 is 11.3 Å². The van der Waals surface area contributed by atoms with Crippen LogP contribution in [0.15, 0.2) is 22.7 Å². The number of halogens is 1. The first-order valence-corrected chi connectivity index (χ1v) is 6.37. The second-order valence-corrected chi connectivity index (χ2v) is 5.75. The van der Waals surface area contributed by atoms with E-state index in [0.717, 1.165) is 10.0 Å². The van der Waals surface area contributed by atoms with Crippen molar-refractivity contribution < 1.29 is 9.59 Å². The summed E-state index contributed by atoms with van der Waals surface area (Å²) in [5, 5.41) is 2.71. The largest absolute Gasteiger partial charge is 0.369 e. The predicted molar refractivity (Wildman–Crippen MR) is 74.2 cm³/mol. The zero-order chi connectivity index (χ0) is 13.9. The molecule has 4 nitrogen and oxygen atoms in total. The molecule has 0 fully saturated rings. The molecule has 0 aliphatic carbocycles. The van der Waals surface area contributed by atoms with E-state index in [1.54, 1.807) is 26.0 Å². The average molecular weight is 313 g/mol. The molecule has 0 bridgehead atoms. The van der Waals surface area contributed by atoms with Crippen molar-refractivity contribution in [2.24, 2.45) is 11.1 Å². The van der Waals surface area contributed by atoms with E-state index in [-0.39, 0.29) is 12.5 Å². The molecule has 98 valence electrons. The van der Waals surface area contributed by atoms with Crippen molar-refractivity contribution in [2.45, 2.75) is 20.8 Å². The van der Waals surface area contributed by atoms with Crippen LogP contribution in [0.3, 0.4) is 0 Å². The number of rotatable bonds is 4. The van der Waals surface area contributed by atoms with E-state index >= 15 is 0 Å². The molecule has 0 saturated heterocycles. The van der Waals surface area contributed by atoms with Crippen molar-refractivity contribution in [1.29, 1.82) is 0 Å². The fourth-order valence-corrected chi connectivity index (χ4v) is 1.60. The number of carbonyl (C=O) groups excluding carboxylic acids is 2. The van der Waals surface area contributed by atoms with Gasteiger partial charge in [-0.15, -0.1) is 0 Å². The quantitative estimate of drug-likeness (QED) is 0.892. The van der Waals surface area contributed by atoms with E-state index in [9.17, 15) is 9.59 Å². The fourth-order valence-electron chi connectivity index (χ4n) is 1.22. The molecule has 18 heavy (non-hydrogen) atoms. The third kappa shape index (κ3) is 3.57. The van der Waals surface area contributed by atoms with Crippen LogP contribution in [-0.2, 0) is 4.79 Å². The number of primary amides is 1. The second-order valence-electron chi connectivity index (χ2n) is 4.89. The Balaban J connectivity index is 2.72. The molecule has 0 saturated carbocycles. The Morgan fingerprint density at radius 3 is 2.50 bits per heavy atom. The van der Waals surface area contributed by atoms with Gasteiger partial charge >= 0.3 is 0 Å². The van der Waals surface area contributed by atoms with Crippen LogP contribution in [-0.4, -0.2) is 18.4 Å². The van der Waals surface area contributed by atoms with Crippen molar-refractivity contribution in [3.05, 3.63) is 33.8 Å². The molecule has 0 atom stereocenters. The Morgan fingerprint density at radius 2 is 2.00 bits per heavy atom. The monoisotopic (exact) mass is 312 g/mol. The van der Waals surface area contributed by atoms with Gasteiger partial charge in [0.2, 0.25) is 5.91 Å². The van der Waals surface area contributed by atoms with E-state index in [0.29, 0.717) is 5.56 Å². The molecule has 0 aliphatic rings. The predicted octanol–water partition coefficient (Wildman–Crippen LogP) is 2.00. The maximum atomic E-state index is 11.9. The highest BCUT2D eigenvalue weighted by molar-refractivity contribution is 9.10. The van der Waals surface area contributed by atoms with Crippen LogP contribution in [0.1, 0.15) is 29.8 Å². The number of aryl methyl sites for hydroxylation is 1. The molecule has 0 aromatic heterocycles. The molecule has 1 rings (SSSR count). The zero-order valence-corrected chi connectivity index (χ0v) is 12.3. The van der Waals surface area contributed by atoms with Gasteiger partial charge in [-0.3, -0.25) is 9.59 Å². The van der Waals surface area contributed by atoms with Crippen molar-refractivity contribution in [2.75, 3.05) is 6.54 Å². The topological polar surface area (TPSA) is 72.2 Å². The number of hydrogen-bond donors (Lipinski definition) is 2. The molecule has 1 aromatic carbocycles. The Labute approximate surface area is 115 Å². The van der Waals surface area contributed by atoms with Gasteiger partial charge in [-0.2, -0.15) is 0 Å². The molecule has 0 spiro atoms. The number of nitrogens with two attached hydrogens (primary N) is 1. The fraction of sp³-hybridized carbons (Fsp3) is 0.385. The SMILES string of the molecule is Cc1ccc(C(=O)NCC(C)(C)C(N)=O)cc1Br. The van der Waals surface area contributed by atoms with Crippen molar-refractivity contribution in [3.8, 4) is 0 Å². The van der Waals surface area contributed by atoms with Gasteiger partial charge in [0.25, 0.3) is 5.91 Å². The van der Waals surface area contributed by atoms with Gasteiger partial charge in [-0.05, 0) is 38.5 Å². The van der Waals surface area contributed by atoms with Gasteiger partial charge in [-0.25, -0.2) is 0 Å². The Morgan fingerprint density at radius 1 is 1.39 bits per heavy atom. The van der Waals surface area contributed by atoms with Gasteiger partial charge in [-0.1, -0.05) is 22.0 Å². The van der Waals surface area contributed by atoms with E-state index in [1.165, 1.54) is 0 Å². The smallest absolute Gasteiger partial charge is 0.251 e. The molecule has 0 heterocycles. The van der Waals surface area contributed by atoms with Crippen LogP contribution < -0.4 is 11.1 Å². The minimum Gasteiger partial charge on any atom is -0.369 e. The lowest BCUT2D eigenvalue weighted by Crippen LogP contribution is -2.42. The normalized spacial score (nSPS) is 11.1. The summed E-state index contributed by atoms with van der Waals surface area (Å²) < 4.78 is 0.879. The molecule has 0 unspecified atom stereocenters. The van der Waals surface area contributed by atoms with Crippen molar-refractivity contribution in [3.63, 3.8) is 0 Å². The number of benzene rings is 1. The summed E-state index contributed by atoms with van der Waals surface area (Å²) in [5.41, 5.74) is 6.10. The van der Waals surface area contributed by atoms with Gasteiger partial charge in [0.15, 0.2) is 0 Å². The summed E-state index contributed by atoms with van der Waals surface area (Å²) in [4.78, 5) is 23.0. The molecule has 1 aromatic rings. The summed E-state index contributed by atoms with van der Waals surface area (Å²) in [5.74, 6) is -0.655. The maximum absolute atomic E-state index is 11.9. The number of hydrogen-bond acceptors (Lipinski definition) is 2. The summed E-state index contributed by atoms with van der Waals surface area (Å²) in [7, 11) is 0. The van der Waals surface area contributed by atoms with Gasteiger partial charge in [0, 0.05) is 16.6 Å². The molecule has 5 heteroatoms. The zero-order valence-electron chi connectivity index (χ0n) is 10.7. The Kier molecular flexibility index (Phi) is 4.51. The number of amides is 2. The highest BCUT2D eigenvalue weighted by atomic mass is 79.9. The lowest BCUT2D eigenvalue weighted by molar-refractivity contribution is -0.125. The molecule has 0 radical (unpaired) electrons. The van der Waals surface area contributed by atoms with Crippen LogP contribution in [0.2, 0.25) is 0 Å². The van der Waals surface area contributed by atoms with Crippen LogP contribution >= 0.6 is 15.9 Å². The lowest BCUT2D eigenvalue weighted by atomic mass is 9.92. The van der Waals surface area contributed by atoms with Gasteiger partial charge < -0.3 is 11.1 Å². The van der Waals surface area contributed by atoms with Crippen molar-refractivity contribution in [1.82, 2.24) is 5.32 Å². The highest BCUT2D eigenvalue weighted by Crippen LogP contribution is 2.18. The standard InChI is InChI=1S/C13H17BrN2O2/c1-8-4-5-9(6-10(8)14)11(17)16-7-13(2,3)12(15)18/h4-6H,7H2,1-3H3,(H2,15,18)(H,16,17). The van der Waals surface area contributed by atoms with Gasteiger partial charge in [0.05, 0.1) is 5.41 Å². The minimum atomic E-state index is -0.752. The van der Waals surface area contributed by atoms with E-state index in [2.05, 4.69) is 21.2 Å². The highest BCUT2D eigenvalue weighted by Gasteiger charge is 2.25. The molecular weight excluding hydrogens is 296 g/mol. The van der Waals surface area contributed by atoms with Crippen LogP contribution in [0.5, 0.6) is 0 Å². The van der Waals surface area contributed by atoms with Crippen LogP contribution in [0.25, 0.3) is 0 Å². The summed E-state index contributed by atoms with van der Waals surface area (Å²) in [6.45, 7) is 5.55. The maximum Gasteiger partial charge on any atom is 0.251 e. The molecule has 2 amide bonds. The first-order chi connectivity index (χ1) is 8.24. The first-order valence-electron chi connectivity index (χ1n) is 5.58. The average Bonchev–Trinajstić information content (AvgIpc) is 2.29. The van der Waals surface area contributed by atoms with E-state index in [4.69, 9.17) is 5.73 Å². The summed E-state index contributed by atoms with van der Waals surface area (Å²) in [6, 6.07) is 5.35. The van der Waals surface area contributed by atoms with E-state index in [1.807, 2.05) is 13.0 Å². The van der Waals surface area contributed by atoms with Gasteiger partial charge in [0.1, 0.15) is 0 Å². The molecule has 0 aliphatic heterocycles. The third-order valence-electron chi connectivity index (χ3n) is 2.79. The van der Waals surface area contributed by atoms with Crippen LogP contribution in [0.4, 0.5) is 0 Å². The number of nitrogens with one attached hydrogen (secondary N) is 1. The molecular formula is C13H17BrN2O2. The molecule has 3 N–H and O–H groups in total. The summed E-state index contributed by atoms with van der Waals surface area (Å²) >= 11 is 3.37. The Bertz CT molecular complexity index is 484. The summed E-state index contributed by atoms with van der Waals surface area (Å²) in [6.07, 6.45) is 0. The number of carbonyl (C=O) groups is 2. The third-order valence-corrected chi connectivity index (χ3v) is 3.65. The lowest BCUT2D eigenvalue weighted by Gasteiger charge is -2.20. The van der Waals surface area contributed by atoms with Crippen molar-refractivity contribution >= 4 is 27.7 Å². The first kappa shape index (κ1) is 14.7. The van der Waals surface area contributed by atoms with Crippen LogP contribution in [0, 0.1) is 12.3 Å².